The van der Waals surface area contributed by atoms with Gasteiger partial charge in [-0.2, -0.15) is 0 Å². The van der Waals surface area contributed by atoms with Crippen LogP contribution in [0.4, 0.5) is 36.3 Å². The van der Waals surface area contributed by atoms with E-state index >= 15 is 0 Å². The summed E-state index contributed by atoms with van der Waals surface area (Å²) < 4.78 is 43.6. The van der Waals surface area contributed by atoms with Crippen molar-refractivity contribution in [3.8, 4) is 5.82 Å². The zero-order chi connectivity index (χ0) is 27.4. The van der Waals surface area contributed by atoms with Crippen LogP contribution in [0, 0.1) is 31.3 Å². The molecule has 0 spiro atoms. The zero-order valence-corrected chi connectivity index (χ0v) is 21.3. The third kappa shape index (κ3) is 5.92. The van der Waals surface area contributed by atoms with E-state index in [9.17, 15) is 18.0 Å². The minimum Gasteiger partial charge on any atom is -0.369 e. The maximum Gasteiger partial charge on any atom is 0.258 e. The van der Waals surface area contributed by atoms with Crippen molar-refractivity contribution in [2.75, 3.05) is 43.1 Å². The van der Waals surface area contributed by atoms with Crippen molar-refractivity contribution in [3.05, 3.63) is 83.2 Å². The zero-order valence-electron chi connectivity index (χ0n) is 21.3. The van der Waals surface area contributed by atoms with Crippen molar-refractivity contribution in [2.45, 2.75) is 13.8 Å². The van der Waals surface area contributed by atoms with Crippen LogP contribution in [0.25, 0.3) is 5.82 Å². The Labute approximate surface area is 217 Å². The topological polar surface area (TPSA) is 100 Å². The smallest absolute Gasteiger partial charge is 0.258 e. The lowest BCUT2D eigenvalue weighted by Gasteiger charge is -2.14. The number of hydrogen-bond acceptors (Lipinski definition) is 7. The molecule has 0 saturated carbocycles. The van der Waals surface area contributed by atoms with Gasteiger partial charge in [0, 0.05) is 48.5 Å². The Hall–Kier alpha value is -4.45. The Bertz CT molecular complexity index is 1470. The molecule has 0 aliphatic rings. The van der Waals surface area contributed by atoms with Crippen LogP contribution in [0.1, 0.15) is 21.5 Å². The first-order valence-corrected chi connectivity index (χ1v) is 11.7. The fourth-order valence-corrected chi connectivity index (χ4v) is 3.61. The number of carbonyl (C=O) groups is 1. The van der Waals surface area contributed by atoms with E-state index in [0.717, 1.165) is 19.0 Å². The molecule has 38 heavy (non-hydrogen) atoms. The summed E-state index contributed by atoms with van der Waals surface area (Å²) in [5, 5.41) is 9.00. The van der Waals surface area contributed by atoms with Crippen LogP contribution < -0.4 is 16.0 Å². The largest absolute Gasteiger partial charge is 0.369 e. The number of imidazole rings is 1. The lowest BCUT2D eigenvalue weighted by Crippen LogP contribution is -2.21. The summed E-state index contributed by atoms with van der Waals surface area (Å²) in [6.07, 6.45) is 4.81. The van der Waals surface area contributed by atoms with E-state index in [1.807, 2.05) is 21.0 Å². The Kier molecular flexibility index (Phi) is 7.91. The Morgan fingerprint density at radius 1 is 1.03 bits per heavy atom. The first-order chi connectivity index (χ1) is 18.1. The molecule has 1 amide bonds. The molecular formula is C26H27F3N8O. The molecule has 0 saturated heterocycles. The number of likely N-dealkylation sites (N-methyl/N-ethyl adjacent to an activating group) is 1. The number of rotatable bonds is 9. The summed E-state index contributed by atoms with van der Waals surface area (Å²) in [6.45, 7) is 4.48. The van der Waals surface area contributed by atoms with Gasteiger partial charge in [-0.15, -0.1) is 0 Å². The highest BCUT2D eigenvalue weighted by atomic mass is 19.2. The molecule has 4 rings (SSSR count). The van der Waals surface area contributed by atoms with Crippen LogP contribution in [0.5, 0.6) is 0 Å². The summed E-state index contributed by atoms with van der Waals surface area (Å²) in [6, 6.07) is 7.33. The van der Waals surface area contributed by atoms with E-state index in [1.54, 1.807) is 41.2 Å². The molecule has 3 N–H and O–H groups in total. The highest BCUT2D eigenvalue weighted by molar-refractivity contribution is 6.05. The average Bonchev–Trinajstić information content (AvgIpc) is 3.35. The van der Waals surface area contributed by atoms with Crippen molar-refractivity contribution in [2.24, 2.45) is 0 Å². The quantitative estimate of drug-likeness (QED) is 0.274. The van der Waals surface area contributed by atoms with E-state index in [-0.39, 0.29) is 0 Å². The average molecular weight is 525 g/mol. The maximum atomic E-state index is 14.4. The molecule has 9 nitrogen and oxygen atoms in total. The Morgan fingerprint density at radius 3 is 2.58 bits per heavy atom. The molecule has 198 valence electrons. The molecular weight excluding hydrogens is 497 g/mol. The number of aryl methyl sites for hydroxylation is 1. The van der Waals surface area contributed by atoms with Gasteiger partial charge in [0.25, 0.3) is 5.91 Å². The molecule has 2 heterocycles. The van der Waals surface area contributed by atoms with Gasteiger partial charge in [0.05, 0.1) is 5.56 Å². The summed E-state index contributed by atoms with van der Waals surface area (Å²) in [5.74, 6) is -2.94. The van der Waals surface area contributed by atoms with Crippen molar-refractivity contribution >= 4 is 29.0 Å². The lowest BCUT2D eigenvalue weighted by molar-refractivity contribution is 0.102. The molecule has 0 aliphatic carbocycles. The van der Waals surface area contributed by atoms with Gasteiger partial charge in [-0.3, -0.25) is 9.36 Å². The third-order valence-electron chi connectivity index (χ3n) is 5.77. The van der Waals surface area contributed by atoms with E-state index in [0.29, 0.717) is 41.6 Å². The van der Waals surface area contributed by atoms with Crippen LogP contribution >= 0.6 is 0 Å². The van der Waals surface area contributed by atoms with Gasteiger partial charge in [0.1, 0.15) is 23.8 Å². The summed E-state index contributed by atoms with van der Waals surface area (Å²) >= 11 is 0. The predicted molar refractivity (Wildman–Crippen MR) is 140 cm³/mol. The third-order valence-corrected chi connectivity index (χ3v) is 5.77. The van der Waals surface area contributed by atoms with Gasteiger partial charge in [0.2, 0.25) is 5.95 Å². The summed E-state index contributed by atoms with van der Waals surface area (Å²) in [5.41, 5.74) is 0.605. The van der Waals surface area contributed by atoms with Gasteiger partial charge >= 0.3 is 0 Å². The van der Waals surface area contributed by atoms with Crippen LogP contribution in [0.15, 0.2) is 49.1 Å². The molecule has 0 atom stereocenters. The fraction of sp³-hybridized carbons (Fsp3) is 0.231. The number of hydrogen-bond donors (Lipinski definition) is 3. The second kappa shape index (κ2) is 11.3. The monoisotopic (exact) mass is 524 g/mol. The number of amides is 1. The van der Waals surface area contributed by atoms with E-state index in [1.165, 1.54) is 6.33 Å². The number of aromatic nitrogens is 4. The van der Waals surface area contributed by atoms with Crippen molar-refractivity contribution in [3.63, 3.8) is 0 Å². The standard InChI is InChI=1S/C26H27F3N8O/c1-15-5-6-17(34-25(38)18-12-19(27)24(29)16(2)23(18)28)11-20(15)35-26-31-8-10-37(26)22-13-21(32-14-33-22)30-7-9-36(3)4/h5-6,8,10-14H,7,9H2,1-4H3,(H,31,35)(H,34,38)(H,30,32,33). The molecule has 0 bridgehead atoms. The number of halogens is 3. The fourth-order valence-electron chi connectivity index (χ4n) is 3.61. The maximum absolute atomic E-state index is 14.4. The molecule has 0 unspecified atom stereocenters. The highest BCUT2D eigenvalue weighted by Gasteiger charge is 2.21. The first-order valence-electron chi connectivity index (χ1n) is 11.7. The van der Waals surface area contributed by atoms with Gasteiger partial charge in [0.15, 0.2) is 11.6 Å². The van der Waals surface area contributed by atoms with Crippen molar-refractivity contribution in [1.82, 2.24) is 24.4 Å². The molecule has 0 aliphatic heterocycles. The van der Waals surface area contributed by atoms with Gasteiger partial charge in [-0.05, 0) is 51.7 Å². The number of nitrogens with one attached hydrogen (secondary N) is 3. The second-order valence-electron chi connectivity index (χ2n) is 8.88. The van der Waals surface area contributed by atoms with Gasteiger partial charge in [-0.25, -0.2) is 28.1 Å². The van der Waals surface area contributed by atoms with Gasteiger partial charge in [-0.1, -0.05) is 6.07 Å². The van der Waals surface area contributed by atoms with Crippen LogP contribution in [-0.4, -0.2) is 57.5 Å². The first kappa shape index (κ1) is 26.6. The normalized spacial score (nSPS) is 11.1. The Morgan fingerprint density at radius 2 is 1.82 bits per heavy atom. The van der Waals surface area contributed by atoms with Crippen LogP contribution in [0.2, 0.25) is 0 Å². The number of anilines is 4. The molecule has 4 aromatic rings. The van der Waals surface area contributed by atoms with E-state index in [2.05, 4.69) is 35.8 Å². The minimum atomic E-state index is -1.32. The second-order valence-corrected chi connectivity index (χ2v) is 8.88. The highest BCUT2D eigenvalue weighted by Crippen LogP contribution is 2.26. The molecule has 2 aromatic carbocycles. The summed E-state index contributed by atoms with van der Waals surface area (Å²) in [7, 11) is 3.97. The number of carbonyl (C=O) groups excluding carboxylic acids is 1. The Balaban J connectivity index is 1.54. The number of benzene rings is 2. The molecule has 2 aromatic heterocycles. The van der Waals surface area contributed by atoms with E-state index < -0.39 is 34.5 Å². The minimum absolute atomic E-state index is 0.317. The lowest BCUT2D eigenvalue weighted by atomic mass is 10.1. The van der Waals surface area contributed by atoms with Crippen LogP contribution in [-0.2, 0) is 0 Å². The van der Waals surface area contributed by atoms with Crippen LogP contribution in [0.3, 0.4) is 0 Å². The van der Waals surface area contributed by atoms with Gasteiger partial charge < -0.3 is 20.9 Å². The van der Waals surface area contributed by atoms with Crippen molar-refractivity contribution < 1.29 is 18.0 Å². The summed E-state index contributed by atoms with van der Waals surface area (Å²) in [4.78, 5) is 27.7. The SMILES string of the molecule is Cc1ccc(NC(=O)c2cc(F)c(F)c(C)c2F)cc1Nc1nccn1-c1cc(NCCN(C)C)ncn1. The number of nitrogens with zero attached hydrogens (tertiary/aromatic N) is 5. The molecule has 0 fully saturated rings. The predicted octanol–water partition coefficient (Wildman–Crippen LogP) is 4.67. The molecule has 0 radical (unpaired) electrons. The molecule has 12 heteroatoms. The van der Waals surface area contributed by atoms with E-state index in [4.69, 9.17) is 0 Å². The van der Waals surface area contributed by atoms with Crippen molar-refractivity contribution in [1.29, 1.82) is 0 Å².